The molecule has 0 atom stereocenters. The van der Waals surface area contributed by atoms with Crippen LogP contribution in [-0.4, -0.2) is 14.7 Å². The smallest absolute Gasteiger partial charge is 0.295 e. The number of anilines is 1. The molecule has 0 aliphatic rings. The lowest BCUT2D eigenvalue weighted by Crippen LogP contribution is -2.12. The molecule has 0 aliphatic heterocycles. The molecule has 2 aromatic carbocycles. The van der Waals surface area contributed by atoms with Gasteiger partial charge in [0.2, 0.25) is 5.09 Å². The van der Waals surface area contributed by atoms with Gasteiger partial charge in [-0.05, 0) is 30.5 Å². The van der Waals surface area contributed by atoms with Crippen molar-refractivity contribution in [2.45, 2.75) is 9.99 Å². The minimum atomic E-state index is -3.81. The average Bonchev–Trinajstić information content (AvgIpc) is 2.92. The zero-order chi connectivity index (χ0) is 15.7. The molecule has 0 aliphatic carbocycles. The van der Waals surface area contributed by atoms with Crippen LogP contribution in [0.2, 0.25) is 5.02 Å². The van der Waals surface area contributed by atoms with Crippen molar-refractivity contribution in [3.05, 3.63) is 53.6 Å². The Kier molecular flexibility index (Phi) is 4.08. The first-order valence-electron chi connectivity index (χ1n) is 6.34. The van der Waals surface area contributed by atoms with Crippen LogP contribution >= 0.6 is 23.4 Å². The van der Waals surface area contributed by atoms with E-state index in [1.54, 1.807) is 36.4 Å². The molecule has 1 N–H and O–H groups in total. The van der Waals surface area contributed by atoms with E-state index in [0.717, 1.165) is 10.3 Å². The number of rotatable bonds is 4. The predicted octanol–water partition coefficient (Wildman–Crippen LogP) is 4.61. The van der Waals surface area contributed by atoms with Gasteiger partial charge in [0.25, 0.3) is 10.0 Å². The number of hydrogen-bond acceptors (Lipinski definition) is 4. The fourth-order valence-corrected chi connectivity index (χ4v) is 3.86. The van der Waals surface area contributed by atoms with Crippen molar-refractivity contribution in [3.63, 3.8) is 0 Å². The summed E-state index contributed by atoms with van der Waals surface area (Å²) in [4.78, 5) is 0.782. The van der Waals surface area contributed by atoms with Gasteiger partial charge >= 0.3 is 0 Å². The third kappa shape index (κ3) is 2.95. The third-order valence-corrected chi connectivity index (χ3v) is 5.32. The highest BCUT2D eigenvalue weighted by Gasteiger charge is 2.21. The number of para-hydroxylation sites is 1. The molecule has 0 fully saturated rings. The van der Waals surface area contributed by atoms with Crippen molar-refractivity contribution in [3.8, 4) is 0 Å². The van der Waals surface area contributed by atoms with E-state index < -0.39 is 10.0 Å². The summed E-state index contributed by atoms with van der Waals surface area (Å²) in [6, 6.07) is 13.7. The first kappa shape index (κ1) is 15.3. The molecule has 0 saturated carbocycles. The second-order valence-corrected chi connectivity index (χ2v) is 7.45. The molecule has 22 heavy (non-hydrogen) atoms. The van der Waals surface area contributed by atoms with E-state index in [-0.39, 0.29) is 5.09 Å². The topological polar surface area (TPSA) is 59.3 Å². The van der Waals surface area contributed by atoms with Gasteiger partial charge in [0.05, 0.1) is 5.69 Å². The zero-order valence-corrected chi connectivity index (χ0v) is 13.9. The van der Waals surface area contributed by atoms with Crippen molar-refractivity contribution in [1.29, 1.82) is 0 Å². The first-order valence-corrected chi connectivity index (χ1v) is 9.43. The summed E-state index contributed by atoms with van der Waals surface area (Å²) in [5.41, 5.74) is 0.958. The molecule has 0 spiro atoms. The Morgan fingerprint density at radius 3 is 2.64 bits per heavy atom. The Morgan fingerprint density at radius 2 is 1.91 bits per heavy atom. The predicted molar refractivity (Wildman–Crippen MR) is 90.3 cm³/mol. The molecule has 0 saturated heterocycles. The molecular weight excluding hydrogens is 342 g/mol. The van der Waals surface area contributed by atoms with Gasteiger partial charge < -0.3 is 4.42 Å². The van der Waals surface area contributed by atoms with Crippen molar-refractivity contribution >= 4 is 50.0 Å². The summed E-state index contributed by atoms with van der Waals surface area (Å²) >= 11 is 7.37. The van der Waals surface area contributed by atoms with E-state index >= 15 is 0 Å². The summed E-state index contributed by atoms with van der Waals surface area (Å²) in [5, 5.41) is 1.07. The van der Waals surface area contributed by atoms with Gasteiger partial charge in [-0.25, -0.2) is 0 Å². The maximum atomic E-state index is 12.5. The Hall–Kier alpha value is -1.63. The number of benzene rings is 2. The van der Waals surface area contributed by atoms with Crippen LogP contribution in [0.25, 0.3) is 11.0 Å². The maximum absolute atomic E-state index is 12.5. The lowest BCUT2D eigenvalue weighted by atomic mass is 10.3. The van der Waals surface area contributed by atoms with Crippen LogP contribution in [0, 0.1) is 0 Å². The molecule has 1 heterocycles. The Labute approximate surface area is 137 Å². The lowest BCUT2D eigenvalue weighted by molar-refractivity contribution is 0.484. The number of furan rings is 1. The number of thioether (sulfide) groups is 1. The summed E-state index contributed by atoms with van der Waals surface area (Å²) in [5.74, 6) is 0. The van der Waals surface area contributed by atoms with E-state index in [4.69, 9.17) is 16.0 Å². The van der Waals surface area contributed by atoms with Gasteiger partial charge in [0, 0.05) is 21.4 Å². The van der Waals surface area contributed by atoms with Crippen molar-refractivity contribution < 1.29 is 12.8 Å². The van der Waals surface area contributed by atoms with Gasteiger partial charge in [-0.1, -0.05) is 29.8 Å². The highest BCUT2D eigenvalue weighted by molar-refractivity contribution is 7.99. The fraction of sp³-hybridized carbons (Fsp3) is 0.0667. The van der Waals surface area contributed by atoms with Crippen LogP contribution in [-0.2, 0) is 10.0 Å². The molecule has 0 bridgehead atoms. The number of sulfonamides is 1. The van der Waals surface area contributed by atoms with E-state index in [2.05, 4.69) is 4.72 Å². The highest BCUT2D eigenvalue weighted by Crippen LogP contribution is 2.31. The molecular formula is C15H12ClNO3S2. The third-order valence-electron chi connectivity index (χ3n) is 3.07. The molecule has 3 rings (SSSR count). The van der Waals surface area contributed by atoms with Crippen LogP contribution in [0.5, 0.6) is 0 Å². The monoisotopic (exact) mass is 353 g/mol. The minimum Gasteiger partial charge on any atom is -0.443 e. The van der Waals surface area contributed by atoms with Crippen LogP contribution < -0.4 is 4.72 Å². The SMILES string of the molecule is CSc1ccc(Cl)cc1NS(=O)(=O)c1cc2ccccc2o1. The standard InChI is InChI=1S/C15H12ClNO3S2/c1-21-14-7-6-11(16)9-12(14)17-22(18,19)15-8-10-4-2-3-5-13(10)20-15/h2-9,17H,1H3. The van der Waals surface area contributed by atoms with Crippen molar-refractivity contribution in [2.75, 3.05) is 11.0 Å². The second kappa shape index (κ2) is 5.87. The van der Waals surface area contributed by atoms with Crippen molar-refractivity contribution in [2.24, 2.45) is 0 Å². The quantitative estimate of drug-likeness (QED) is 0.696. The lowest BCUT2D eigenvalue weighted by Gasteiger charge is -2.10. The van der Waals surface area contributed by atoms with E-state index in [1.807, 2.05) is 12.3 Å². The highest BCUT2D eigenvalue weighted by atomic mass is 35.5. The number of halogens is 1. The number of hydrogen-bond donors (Lipinski definition) is 1. The Bertz CT molecular complexity index is 902. The van der Waals surface area contributed by atoms with Crippen molar-refractivity contribution in [1.82, 2.24) is 0 Å². The maximum Gasteiger partial charge on any atom is 0.295 e. The zero-order valence-electron chi connectivity index (χ0n) is 11.5. The van der Waals surface area contributed by atoms with Gasteiger partial charge in [-0.15, -0.1) is 11.8 Å². The largest absolute Gasteiger partial charge is 0.443 e. The molecule has 4 nitrogen and oxygen atoms in total. The van der Waals surface area contributed by atoms with Gasteiger partial charge in [0.1, 0.15) is 5.58 Å². The van der Waals surface area contributed by atoms with E-state index in [0.29, 0.717) is 16.3 Å². The molecule has 7 heteroatoms. The molecule has 0 unspecified atom stereocenters. The Morgan fingerprint density at radius 1 is 1.14 bits per heavy atom. The van der Waals surface area contributed by atoms with Gasteiger partial charge in [0.15, 0.2) is 0 Å². The molecule has 0 radical (unpaired) electrons. The first-order chi connectivity index (χ1) is 10.5. The van der Waals surface area contributed by atoms with Gasteiger partial charge in [-0.3, -0.25) is 4.72 Å². The van der Waals surface area contributed by atoms with Crippen LogP contribution in [0.1, 0.15) is 0 Å². The summed E-state index contributed by atoms with van der Waals surface area (Å²) < 4.78 is 32.9. The summed E-state index contributed by atoms with van der Waals surface area (Å²) in [6.07, 6.45) is 1.86. The minimum absolute atomic E-state index is 0.124. The Balaban J connectivity index is 2.01. The van der Waals surface area contributed by atoms with E-state index in [1.165, 1.54) is 17.8 Å². The number of nitrogens with one attached hydrogen (secondary N) is 1. The molecule has 1 aromatic heterocycles. The van der Waals surface area contributed by atoms with Crippen LogP contribution in [0.15, 0.2) is 62.9 Å². The average molecular weight is 354 g/mol. The van der Waals surface area contributed by atoms with Crippen LogP contribution in [0.4, 0.5) is 5.69 Å². The summed E-state index contributed by atoms with van der Waals surface area (Å²) in [7, 11) is -3.81. The number of fused-ring (bicyclic) bond motifs is 1. The molecule has 3 aromatic rings. The molecule has 0 amide bonds. The normalized spacial score (nSPS) is 11.7. The van der Waals surface area contributed by atoms with Crippen LogP contribution in [0.3, 0.4) is 0 Å². The summed E-state index contributed by atoms with van der Waals surface area (Å²) in [6.45, 7) is 0. The fourth-order valence-electron chi connectivity index (χ4n) is 2.04. The van der Waals surface area contributed by atoms with E-state index in [9.17, 15) is 8.42 Å². The van der Waals surface area contributed by atoms with Gasteiger partial charge in [-0.2, -0.15) is 8.42 Å². The molecule has 114 valence electrons. The second-order valence-electron chi connectivity index (χ2n) is 4.55.